The second kappa shape index (κ2) is 8.70. The van der Waals surface area contributed by atoms with Crippen LogP contribution in [0.4, 0.5) is 0 Å². The molecule has 21 heavy (non-hydrogen) atoms. The van der Waals surface area contributed by atoms with Gasteiger partial charge in [0.2, 0.25) is 5.91 Å². The molecule has 0 bridgehead atoms. The van der Waals surface area contributed by atoms with Gasteiger partial charge in [0.05, 0.1) is 11.8 Å². The van der Waals surface area contributed by atoms with Gasteiger partial charge in [-0.15, -0.1) is 0 Å². The van der Waals surface area contributed by atoms with Gasteiger partial charge < -0.3 is 16.0 Å². The summed E-state index contributed by atoms with van der Waals surface area (Å²) in [4.78, 5) is 14.2. The van der Waals surface area contributed by atoms with E-state index in [4.69, 9.17) is 5.73 Å². The van der Waals surface area contributed by atoms with Crippen molar-refractivity contribution < 1.29 is 13.2 Å². The van der Waals surface area contributed by atoms with Crippen molar-refractivity contribution in [3.63, 3.8) is 0 Å². The van der Waals surface area contributed by atoms with Crippen LogP contribution in [0.5, 0.6) is 0 Å². The number of sulfone groups is 1. The molecule has 2 unspecified atom stereocenters. The molecular weight excluding hydrogens is 290 g/mol. The minimum absolute atomic E-state index is 0.0487. The van der Waals surface area contributed by atoms with Crippen LogP contribution in [0.2, 0.25) is 0 Å². The summed E-state index contributed by atoms with van der Waals surface area (Å²) in [5, 5.41) is 2.79. The van der Waals surface area contributed by atoms with E-state index in [0.29, 0.717) is 12.6 Å². The number of amides is 1. The number of carbonyl (C=O) groups is 1. The van der Waals surface area contributed by atoms with Crippen molar-refractivity contribution in [1.82, 2.24) is 10.2 Å². The Morgan fingerprint density at radius 1 is 1.43 bits per heavy atom. The number of nitrogens with two attached hydrogens (primary N) is 1. The van der Waals surface area contributed by atoms with Crippen LogP contribution in [-0.2, 0) is 14.6 Å². The summed E-state index contributed by atoms with van der Waals surface area (Å²) in [6.07, 6.45) is 6.04. The van der Waals surface area contributed by atoms with E-state index in [1.54, 1.807) is 0 Å². The van der Waals surface area contributed by atoms with Crippen molar-refractivity contribution in [3.05, 3.63) is 0 Å². The lowest BCUT2D eigenvalue weighted by Gasteiger charge is -2.33. The summed E-state index contributed by atoms with van der Waals surface area (Å²) in [5.74, 6) is -0.308. The molecule has 0 radical (unpaired) electrons. The largest absolute Gasteiger partial charge is 0.355 e. The fourth-order valence-corrected chi connectivity index (χ4v) is 3.27. The van der Waals surface area contributed by atoms with Gasteiger partial charge in [0.1, 0.15) is 9.84 Å². The molecule has 124 valence electrons. The highest BCUT2D eigenvalue weighted by Crippen LogP contribution is 2.15. The summed E-state index contributed by atoms with van der Waals surface area (Å²) in [5.41, 5.74) is 5.68. The molecule has 1 aliphatic rings. The third kappa shape index (κ3) is 7.78. The zero-order valence-corrected chi connectivity index (χ0v) is 14.0. The second-order valence-corrected chi connectivity index (χ2v) is 8.31. The van der Waals surface area contributed by atoms with Crippen LogP contribution in [0, 0.1) is 0 Å². The normalized spacial score (nSPS) is 22.0. The van der Waals surface area contributed by atoms with Gasteiger partial charge in [0, 0.05) is 25.4 Å². The molecule has 0 saturated carbocycles. The summed E-state index contributed by atoms with van der Waals surface area (Å²) in [7, 11) is -3.07. The number of carbonyl (C=O) groups excluding carboxylic acids is 1. The summed E-state index contributed by atoms with van der Waals surface area (Å²) in [6, 6.07) is -0.111. The Labute approximate surface area is 128 Å². The molecule has 1 rings (SSSR count). The summed E-state index contributed by atoms with van der Waals surface area (Å²) < 4.78 is 22.1. The van der Waals surface area contributed by atoms with Gasteiger partial charge in [-0.05, 0) is 39.2 Å². The fraction of sp³-hybridized carbons (Fsp3) is 0.929. The lowest BCUT2D eigenvalue weighted by molar-refractivity contribution is -0.122. The number of hydrogen-bond acceptors (Lipinski definition) is 5. The number of nitrogens with zero attached hydrogens (tertiary/aromatic N) is 1. The average molecular weight is 319 g/mol. The highest BCUT2D eigenvalue weighted by atomic mass is 32.2. The van der Waals surface area contributed by atoms with E-state index in [1.807, 2.05) is 0 Å². The molecular formula is C14H29N3O3S. The van der Waals surface area contributed by atoms with Crippen molar-refractivity contribution in [2.45, 2.75) is 51.1 Å². The van der Waals surface area contributed by atoms with Crippen LogP contribution in [0.3, 0.4) is 0 Å². The molecule has 0 aromatic heterocycles. The molecule has 6 nitrogen and oxygen atoms in total. The molecule has 1 heterocycles. The quantitative estimate of drug-likeness (QED) is 0.620. The van der Waals surface area contributed by atoms with Crippen LogP contribution < -0.4 is 11.1 Å². The molecule has 7 heteroatoms. The van der Waals surface area contributed by atoms with E-state index in [-0.39, 0.29) is 18.1 Å². The smallest absolute Gasteiger partial charge is 0.236 e. The van der Waals surface area contributed by atoms with Gasteiger partial charge in [-0.1, -0.05) is 6.42 Å². The first-order valence-corrected chi connectivity index (χ1v) is 9.80. The first-order chi connectivity index (χ1) is 9.79. The third-order valence-electron chi connectivity index (χ3n) is 4.00. The van der Waals surface area contributed by atoms with Gasteiger partial charge in [0.25, 0.3) is 0 Å². The van der Waals surface area contributed by atoms with E-state index >= 15 is 0 Å². The maximum Gasteiger partial charge on any atom is 0.236 e. The number of hydrogen-bond donors (Lipinski definition) is 2. The van der Waals surface area contributed by atoms with Gasteiger partial charge in [-0.3, -0.25) is 4.79 Å². The number of piperidine rings is 1. The van der Waals surface area contributed by atoms with Crippen LogP contribution in [0.15, 0.2) is 0 Å². The maximum absolute atomic E-state index is 11.7. The Morgan fingerprint density at radius 3 is 2.76 bits per heavy atom. The maximum atomic E-state index is 11.7. The highest BCUT2D eigenvalue weighted by molar-refractivity contribution is 7.90. The lowest BCUT2D eigenvalue weighted by atomic mass is 10.0. The molecule has 1 saturated heterocycles. The standard InChI is InChI=1S/C14H29N3O3S/c1-12-6-3-4-9-17(12)10-5-8-16-14(18)13(15)7-11-21(2,19)20/h12-13H,3-11,15H2,1-2H3,(H,16,18). The third-order valence-corrected chi connectivity index (χ3v) is 4.98. The Morgan fingerprint density at radius 2 is 2.14 bits per heavy atom. The van der Waals surface area contributed by atoms with Crippen molar-refractivity contribution in [2.75, 3.05) is 31.6 Å². The molecule has 0 aliphatic carbocycles. The van der Waals surface area contributed by atoms with Crippen LogP contribution >= 0.6 is 0 Å². The predicted molar refractivity (Wildman–Crippen MR) is 84.8 cm³/mol. The topological polar surface area (TPSA) is 92.5 Å². The molecule has 2 atom stereocenters. The molecule has 0 aromatic rings. The fourth-order valence-electron chi connectivity index (χ4n) is 2.59. The minimum atomic E-state index is -3.07. The van der Waals surface area contributed by atoms with E-state index in [9.17, 15) is 13.2 Å². The Bertz CT molecular complexity index is 425. The van der Waals surface area contributed by atoms with E-state index in [2.05, 4.69) is 17.1 Å². The van der Waals surface area contributed by atoms with Crippen molar-refractivity contribution >= 4 is 15.7 Å². The Hall–Kier alpha value is -0.660. The van der Waals surface area contributed by atoms with E-state index in [1.165, 1.54) is 19.3 Å². The minimum Gasteiger partial charge on any atom is -0.355 e. The SMILES string of the molecule is CC1CCCCN1CCCNC(=O)C(N)CCS(C)(=O)=O. The molecule has 1 aliphatic heterocycles. The van der Waals surface area contributed by atoms with Crippen LogP contribution in [0.1, 0.15) is 39.0 Å². The monoisotopic (exact) mass is 319 g/mol. The summed E-state index contributed by atoms with van der Waals surface area (Å²) >= 11 is 0. The average Bonchev–Trinajstić information content (AvgIpc) is 2.41. The number of likely N-dealkylation sites (tertiary alicyclic amines) is 1. The molecule has 0 aromatic carbocycles. The first kappa shape index (κ1) is 18.4. The van der Waals surface area contributed by atoms with Crippen molar-refractivity contribution in [1.29, 1.82) is 0 Å². The molecule has 3 N–H and O–H groups in total. The summed E-state index contributed by atoms with van der Waals surface area (Å²) in [6.45, 7) is 4.97. The zero-order chi connectivity index (χ0) is 15.9. The Kier molecular flexibility index (Phi) is 7.62. The van der Waals surface area contributed by atoms with Crippen molar-refractivity contribution in [3.8, 4) is 0 Å². The first-order valence-electron chi connectivity index (χ1n) is 7.74. The van der Waals surface area contributed by atoms with Crippen molar-refractivity contribution in [2.24, 2.45) is 5.73 Å². The van der Waals surface area contributed by atoms with Gasteiger partial charge in [-0.2, -0.15) is 0 Å². The van der Waals surface area contributed by atoms with E-state index in [0.717, 1.165) is 25.8 Å². The van der Waals surface area contributed by atoms with Crippen LogP contribution in [-0.4, -0.2) is 63.0 Å². The second-order valence-electron chi connectivity index (χ2n) is 6.05. The van der Waals surface area contributed by atoms with Gasteiger partial charge >= 0.3 is 0 Å². The highest BCUT2D eigenvalue weighted by Gasteiger charge is 2.18. The van der Waals surface area contributed by atoms with E-state index < -0.39 is 15.9 Å². The van der Waals surface area contributed by atoms with Gasteiger partial charge in [0.15, 0.2) is 0 Å². The molecule has 1 fully saturated rings. The van der Waals surface area contributed by atoms with Crippen LogP contribution in [0.25, 0.3) is 0 Å². The molecule has 0 spiro atoms. The van der Waals surface area contributed by atoms with Gasteiger partial charge in [-0.25, -0.2) is 8.42 Å². The zero-order valence-electron chi connectivity index (χ0n) is 13.2. The number of nitrogens with one attached hydrogen (secondary N) is 1. The Balaban J connectivity index is 2.15. The number of rotatable bonds is 8. The predicted octanol–water partition coefficient (Wildman–Crippen LogP) is 0.129. The lowest BCUT2D eigenvalue weighted by Crippen LogP contribution is -2.43. The molecule has 1 amide bonds.